The Labute approximate surface area is 192 Å². The van der Waals surface area contributed by atoms with Crippen molar-refractivity contribution in [2.75, 3.05) is 20.3 Å². The molecule has 0 aliphatic rings. The van der Waals surface area contributed by atoms with Crippen LogP contribution in [0.1, 0.15) is 5.56 Å². The van der Waals surface area contributed by atoms with Gasteiger partial charge in [-0.1, -0.05) is 24.3 Å². The maximum atomic E-state index is 13.1. The van der Waals surface area contributed by atoms with Gasteiger partial charge in [0.2, 0.25) is 15.9 Å². The molecule has 0 unspecified atom stereocenters. The standard InChI is InChI=1S/C21H18F3N5O4S/c1-32-15-6-4-5-14(13-15)20-27-26-18-9-10-19(28-29(18)20)33-12-11-25-34(30,31)17-8-3-2-7-16(17)21(22,23)24/h2-10,13,25H,11-12H2,1H3. The minimum Gasteiger partial charge on any atom is -0.497 e. The molecule has 2 aromatic heterocycles. The molecule has 0 saturated heterocycles. The van der Waals surface area contributed by atoms with Gasteiger partial charge >= 0.3 is 6.18 Å². The first-order chi connectivity index (χ1) is 16.2. The van der Waals surface area contributed by atoms with Gasteiger partial charge in [-0.3, -0.25) is 0 Å². The molecule has 0 atom stereocenters. The van der Waals surface area contributed by atoms with Gasteiger partial charge < -0.3 is 9.47 Å². The minimum absolute atomic E-state index is 0.145. The van der Waals surface area contributed by atoms with E-state index < -0.39 is 26.7 Å². The van der Waals surface area contributed by atoms with E-state index in [0.29, 0.717) is 28.9 Å². The van der Waals surface area contributed by atoms with E-state index in [9.17, 15) is 21.6 Å². The van der Waals surface area contributed by atoms with Crippen molar-refractivity contribution in [1.29, 1.82) is 0 Å². The number of aromatic nitrogens is 4. The predicted octanol–water partition coefficient (Wildman–Crippen LogP) is 3.18. The largest absolute Gasteiger partial charge is 0.497 e. The first-order valence-corrected chi connectivity index (χ1v) is 11.3. The zero-order valence-corrected chi connectivity index (χ0v) is 18.5. The van der Waals surface area contributed by atoms with Gasteiger partial charge in [-0.15, -0.1) is 15.3 Å². The molecule has 1 N–H and O–H groups in total. The molecule has 0 saturated carbocycles. The summed E-state index contributed by atoms with van der Waals surface area (Å²) in [5, 5.41) is 12.5. The number of hydrogen-bond donors (Lipinski definition) is 1. The summed E-state index contributed by atoms with van der Waals surface area (Å²) in [5.74, 6) is 1.20. The summed E-state index contributed by atoms with van der Waals surface area (Å²) in [6.45, 7) is -0.457. The number of nitrogens with zero attached hydrogens (tertiary/aromatic N) is 4. The molecule has 178 valence electrons. The molecule has 2 heterocycles. The maximum Gasteiger partial charge on any atom is 0.417 e. The third-order valence-electron chi connectivity index (χ3n) is 4.69. The molecule has 34 heavy (non-hydrogen) atoms. The molecule has 0 aliphatic heterocycles. The Balaban J connectivity index is 1.46. The number of sulfonamides is 1. The van der Waals surface area contributed by atoms with Crippen LogP contribution in [0.15, 0.2) is 65.6 Å². The van der Waals surface area contributed by atoms with E-state index >= 15 is 0 Å². The molecule has 0 aliphatic carbocycles. The van der Waals surface area contributed by atoms with Gasteiger partial charge in [-0.25, -0.2) is 13.1 Å². The quantitative estimate of drug-likeness (QED) is 0.376. The highest BCUT2D eigenvalue weighted by molar-refractivity contribution is 7.89. The molecule has 4 aromatic rings. The normalized spacial score (nSPS) is 12.1. The van der Waals surface area contributed by atoms with Crippen molar-refractivity contribution in [1.82, 2.24) is 24.5 Å². The second-order valence-electron chi connectivity index (χ2n) is 6.94. The van der Waals surface area contributed by atoms with Crippen molar-refractivity contribution in [3.8, 4) is 23.0 Å². The fourth-order valence-electron chi connectivity index (χ4n) is 3.14. The molecule has 9 nitrogen and oxygen atoms in total. The number of nitrogens with one attached hydrogen (secondary N) is 1. The van der Waals surface area contributed by atoms with E-state index in [1.165, 1.54) is 16.6 Å². The lowest BCUT2D eigenvalue weighted by Gasteiger charge is -2.13. The van der Waals surface area contributed by atoms with Gasteiger partial charge in [0.15, 0.2) is 11.5 Å². The monoisotopic (exact) mass is 493 g/mol. The highest BCUT2D eigenvalue weighted by Crippen LogP contribution is 2.33. The molecule has 0 radical (unpaired) electrons. The summed E-state index contributed by atoms with van der Waals surface area (Å²) in [7, 11) is -2.87. The van der Waals surface area contributed by atoms with Crippen LogP contribution in [-0.2, 0) is 16.2 Å². The van der Waals surface area contributed by atoms with Gasteiger partial charge in [0.25, 0.3) is 0 Å². The SMILES string of the molecule is COc1cccc(-c2nnc3ccc(OCCNS(=O)(=O)c4ccccc4C(F)(F)F)nn23)c1. The third-order valence-corrected chi connectivity index (χ3v) is 6.21. The Bertz CT molecular complexity index is 1420. The zero-order chi connectivity index (χ0) is 24.3. The Morgan fingerprint density at radius 3 is 2.59 bits per heavy atom. The zero-order valence-electron chi connectivity index (χ0n) is 17.7. The molecule has 0 spiro atoms. The van der Waals surface area contributed by atoms with Crippen molar-refractivity contribution in [2.45, 2.75) is 11.1 Å². The first kappa shape index (κ1) is 23.4. The smallest absolute Gasteiger partial charge is 0.417 e. The number of benzene rings is 2. The predicted molar refractivity (Wildman–Crippen MR) is 115 cm³/mol. The van der Waals surface area contributed by atoms with E-state index in [4.69, 9.17) is 9.47 Å². The van der Waals surface area contributed by atoms with Crippen LogP contribution >= 0.6 is 0 Å². The molecule has 4 rings (SSSR count). The fourth-order valence-corrected chi connectivity index (χ4v) is 4.37. The molecular formula is C21H18F3N5O4S. The summed E-state index contributed by atoms with van der Waals surface area (Å²) < 4.78 is 78.5. The Hall–Kier alpha value is -3.71. The van der Waals surface area contributed by atoms with Crippen LogP contribution in [0.3, 0.4) is 0 Å². The lowest BCUT2D eigenvalue weighted by Crippen LogP contribution is -2.30. The van der Waals surface area contributed by atoms with Gasteiger partial charge in [-0.2, -0.15) is 17.7 Å². The highest BCUT2D eigenvalue weighted by Gasteiger charge is 2.36. The Morgan fingerprint density at radius 2 is 1.82 bits per heavy atom. The number of ether oxygens (including phenoxy) is 2. The Kier molecular flexibility index (Phi) is 6.39. The van der Waals surface area contributed by atoms with Crippen LogP contribution in [0.2, 0.25) is 0 Å². The highest BCUT2D eigenvalue weighted by atomic mass is 32.2. The molecule has 13 heteroatoms. The van der Waals surface area contributed by atoms with Gasteiger partial charge in [-0.05, 0) is 30.3 Å². The Morgan fingerprint density at radius 1 is 1.03 bits per heavy atom. The summed E-state index contributed by atoms with van der Waals surface area (Å²) in [6.07, 6.45) is -4.81. The maximum absolute atomic E-state index is 13.1. The van der Waals surface area contributed by atoms with Crippen molar-refractivity contribution < 1.29 is 31.1 Å². The van der Waals surface area contributed by atoms with Crippen molar-refractivity contribution in [3.63, 3.8) is 0 Å². The second-order valence-corrected chi connectivity index (χ2v) is 8.67. The van der Waals surface area contributed by atoms with E-state index in [-0.39, 0.29) is 19.0 Å². The van der Waals surface area contributed by atoms with E-state index in [1.807, 2.05) is 6.07 Å². The van der Waals surface area contributed by atoms with Crippen molar-refractivity contribution >= 4 is 15.7 Å². The van der Waals surface area contributed by atoms with Crippen molar-refractivity contribution in [2.24, 2.45) is 0 Å². The number of halogens is 3. The van der Waals surface area contributed by atoms with Crippen LogP contribution in [0, 0.1) is 0 Å². The molecule has 0 fully saturated rings. The lowest BCUT2D eigenvalue weighted by atomic mass is 10.2. The molecular weight excluding hydrogens is 475 g/mol. The van der Waals surface area contributed by atoms with Crippen LogP contribution in [-0.4, -0.2) is 48.5 Å². The summed E-state index contributed by atoms with van der Waals surface area (Å²) in [6, 6.07) is 14.2. The van der Waals surface area contributed by atoms with Crippen LogP contribution < -0.4 is 14.2 Å². The van der Waals surface area contributed by atoms with E-state index in [2.05, 4.69) is 20.0 Å². The average molecular weight is 493 g/mol. The van der Waals surface area contributed by atoms with E-state index in [0.717, 1.165) is 12.1 Å². The lowest BCUT2D eigenvalue weighted by molar-refractivity contribution is -0.139. The molecule has 0 bridgehead atoms. The number of fused-ring (bicyclic) bond motifs is 1. The number of alkyl halides is 3. The number of methoxy groups -OCH3 is 1. The topological polar surface area (TPSA) is 108 Å². The number of rotatable bonds is 8. The van der Waals surface area contributed by atoms with Gasteiger partial charge in [0, 0.05) is 18.2 Å². The van der Waals surface area contributed by atoms with Gasteiger partial charge in [0.1, 0.15) is 12.4 Å². The van der Waals surface area contributed by atoms with Crippen molar-refractivity contribution in [3.05, 3.63) is 66.2 Å². The van der Waals surface area contributed by atoms with Crippen LogP contribution in [0.4, 0.5) is 13.2 Å². The second kappa shape index (κ2) is 9.27. The fraction of sp³-hybridized carbons (Fsp3) is 0.190. The number of hydrogen-bond acceptors (Lipinski definition) is 7. The average Bonchev–Trinajstić information content (AvgIpc) is 3.25. The summed E-state index contributed by atoms with van der Waals surface area (Å²) in [5.41, 5.74) is -0.0876. The van der Waals surface area contributed by atoms with E-state index in [1.54, 1.807) is 31.4 Å². The summed E-state index contributed by atoms with van der Waals surface area (Å²) in [4.78, 5) is -0.852. The first-order valence-electron chi connectivity index (χ1n) is 9.84. The van der Waals surface area contributed by atoms with Gasteiger partial charge in [0.05, 0.1) is 17.6 Å². The summed E-state index contributed by atoms with van der Waals surface area (Å²) >= 11 is 0. The minimum atomic E-state index is -4.81. The van der Waals surface area contributed by atoms with Crippen LogP contribution in [0.25, 0.3) is 17.0 Å². The third kappa shape index (κ3) is 4.94. The molecule has 2 aromatic carbocycles. The van der Waals surface area contributed by atoms with Crippen LogP contribution in [0.5, 0.6) is 11.6 Å². The molecule has 0 amide bonds.